The summed E-state index contributed by atoms with van der Waals surface area (Å²) in [5.41, 5.74) is 6.21. The standard InChI is InChI=1S/C69H105N3O12S3/c1-64(2,3)49-37-46(38-50(61(49)79)65(4,5)6)19-22-58(76)82-28-34-85-31-25-55(73)70-43-71(56(74)26-32-86-35-29-83-59(77)23-20-47-39-51(66(7,8)9)62(80)52(40-47)67(10,11)12)45-72(44-70)57(75)27-33-87-36-30-84-60(78)24-21-48-41-53(68(13,14)15)63(81)54(42-48)69(16,17)18/h37-42,79-81H,19-36,43-45H2,1-18H3. The predicted octanol–water partition coefficient (Wildman–Crippen LogP) is 13.2. The number of hydrogen-bond donors (Lipinski definition) is 3. The lowest BCUT2D eigenvalue weighted by atomic mass is 9.78. The van der Waals surface area contributed by atoms with E-state index in [4.69, 9.17) is 14.2 Å². The van der Waals surface area contributed by atoms with Gasteiger partial charge in [0.25, 0.3) is 0 Å². The lowest BCUT2D eigenvalue weighted by Crippen LogP contribution is -2.59. The molecule has 1 heterocycles. The molecule has 18 heteroatoms. The molecule has 87 heavy (non-hydrogen) atoms. The number of carbonyl (C=O) groups excluding carboxylic acids is 6. The molecule has 1 fully saturated rings. The van der Waals surface area contributed by atoms with Crippen LogP contribution in [0.3, 0.4) is 0 Å². The highest BCUT2D eigenvalue weighted by Gasteiger charge is 2.33. The number of thioether (sulfide) groups is 3. The van der Waals surface area contributed by atoms with Gasteiger partial charge in [-0.15, -0.1) is 0 Å². The molecule has 1 aliphatic rings. The maximum absolute atomic E-state index is 13.8. The molecule has 0 atom stereocenters. The van der Waals surface area contributed by atoms with Crippen molar-refractivity contribution in [3.8, 4) is 17.2 Å². The van der Waals surface area contributed by atoms with E-state index in [1.165, 1.54) is 50.0 Å². The summed E-state index contributed by atoms with van der Waals surface area (Å²) in [5, 5.41) is 33.3. The van der Waals surface area contributed by atoms with Crippen LogP contribution < -0.4 is 0 Å². The van der Waals surface area contributed by atoms with Gasteiger partial charge in [-0.3, -0.25) is 28.8 Å². The summed E-state index contributed by atoms with van der Waals surface area (Å²) >= 11 is 4.43. The minimum atomic E-state index is -0.328. The Bertz CT molecular complexity index is 2430. The molecule has 0 radical (unpaired) electrons. The van der Waals surface area contributed by atoms with E-state index in [2.05, 4.69) is 125 Å². The Morgan fingerprint density at radius 3 is 0.724 bits per heavy atom. The van der Waals surface area contributed by atoms with Crippen LogP contribution in [0.5, 0.6) is 17.2 Å². The summed E-state index contributed by atoms with van der Waals surface area (Å²) in [5.74, 6) is 2.02. The summed E-state index contributed by atoms with van der Waals surface area (Å²) in [6, 6.07) is 11.9. The van der Waals surface area contributed by atoms with Crippen LogP contribution in [0.25, 0.3) is 0 Å². The Labute approximate surface area is 533 Å². The van der Waals surface area contributed by atoms with Gasteiger partial charge in [0.2, 0.25) is 17.7 Å². The smallest absolute Gasteiger partial charge is 0.306 e. The van der Waals surface area contributed by atoms with Crippen LogP contribution in [0.1, 0.15) is 213 Å². The maximum atomic E-state index is 13.8. The van der Waals surface area contributed by atoms with Gasteiger partial charge >= 0.3 is 17.9 Å². The lowest BCUT2D eigenvalue weighted by Gasteiger charge is -2.42. The SMILES string of the molecule is CC(C)(C)c1cc(CCC(=O)OCCSCCC(=O)N2CN(C(=O)CCSCCOC(=O)CCc3cc(C(C)(C)C)c(O)c(C(C)(C)C)c3)CN(C(=O)CCSCCOC(=O)CCc3cc(C(C)(C)C)c(O)c(C(C)(C)C)c3)C2)cc(C(C)(C)C)c1O. The van der Waals surface area contributed by atoms with Gasteiger partial charge in [0.15, 0.2) is 0 Å². The third kappa shape index (κ3) is 24.0. The summed E-state index contributed by atoms with van der Waals surface area (Å²) in [4.78, 5) is 84.5. The van der Waals surface area contributed by atoms with Crippen LogP contribution in [-0.2, 0) is 94.7 Å². The molecular weight excluding hydrogens is 1160 g/mol. The third-order valence-corrected chi connectivity index (χ3v) is 18.0. The molecule has 0 saturated carbocycles. The predicted molar refractivity (Wildman–Crippen MR) is 355 cm³/mol. The molecule has 0 aliphatic carbocycles. The molecule has 486 valence electrons. The number of esters is 3. The zero-order valence-electron chi connectivity index (χ0n) is 55.9. The molecule has 3 aromatic carbocycles. The first-order valence-corrected chi connectivity index (χ1v) is 34.3. The Morgan fingerprint density at radius 1 is 0.345 bits per heavy atom. The molecule has 1 saturated heterocycles. The quantitative estimate of drug-likeness (QED) is 0.0369. The average molecular weight is 1260 g/mol. The van der Waals surface area contributed by atoms with Crippen molar-refractivity contribution in [3.05, 3.63) is 86.5 Å². The zero-order valence-corrected chi connectivity index (χ0v) is 58.3. The van der Waals surface area contributed by atoms with Crippen LogP contribution in [0.15, 0.2) is 36.4 Å². The van der Waals surface area contributed by atoms with Gasteiger partial charge in [-0.25, -0.2) is 0 Å². The fourth-order valence-corrected chi connectivity index (χ4v) is 12.2. The normalized spacial score (nSPS) is 13.7. The monoisotopic (exact) mass is 1260 g/mol. The van der Waals surface area contributed by atoms with Crippen LogP contribution in [-0.4, -0.2) is 140 Å². The van der Waals surface area contributed by atoms with Crippen molar-refractivity contribution in [2.24, 2.45) is 0 Å². The topological polar surface area (TPSA) is 201 Å². The van der Waals surface area contributed by atoms with Gasteiger partial charge in [-0.1, -0.05) is 161 Å². The number of benzene rings is 3. The number of rotatable bonds is 27. The highest BCUT2D eigenvalue weighted by Crippen LogP contribution is 2.43. The van der Waals surface area contributed by atoms with Gasteiger partial charge in [-0.05, 0) is 102 Å². The van der Waals surface area contributed by atoms with E-state index in [1.807, 2.05) is 36.4 Å². The number of nitrogens with zero attached hydrogens (tertiary/aromatic N) is 3. The number of hydrogen-bond acceptors (Lipinski definition) is 15. The van der Waals surface area contributed by atoms with E-state index in [0.29, 0.717) is 71.0 Å². The van der Waals surface area contributed by atoms with Crippen LogP contribution in [0, 0.1) is 0 Å². The average Bonchev–Trinajstić information content (AvgIpc) is 1.00. The van der Waals surface area contributed by atoms with E-state index >= 15 is 0 Å². The molecular formula is C69H105N3O12S3. The number of aromatic hydroxyl groups is 3. The fourth-order valence-electron chi connectivity index (χ4n) is 10.0. The first-order valence-electron chi connectivity index (χ1n) is 30.8. The van der Waals surface area contributed by atoms with Gasteiger partial charge in [0, 0.05) is 73.0 Å². The molecule has 0 aromatic heterocycles. The number of phenols is 3. The van der Waals surface area contributed by atoms with E-state index in [-0.39, 0.29) is 146 Å². The van der Waals surface area contributed by atoms with Crippen LogP contribution in [0.2, 0.25) is 0 Å². The molecule has 3 amide bonds. The van der Waals surface area contributed by atoms with Crippen molar-refractivity contribution < 1.29 is 58.3 Å². The van der Waals surface area contributed by atoms with Gasteiger partial charge in [0.1, 0.15) is 37.1 Å². The molecule has 0 spiro atoms. The van der Waals surface area contributed by atoms with Crippen molar-refractivity contribution in [2.75, 3.05) is 74.3 Å². The summed E-state index contributed by atoms with van der Waals surface area (Å²) < 4.78 is 16.7. The highest BCUT2D eigenvalue weighted by molar-refractivity contribution is 7.99. The van der Waals surface area contributed by atoms with E-state index in [9.17, 15) is 44.1 Å². The second-order valence-corrected chi connectivity index (χ2v) is 32.8. The Balaban J connectivity index is 1.27. The van der Waals surface area contributed by atoms with Crippen molar-refractivity contribution in [1.29, 1.82) is 0 Å². The van der Waals surface area contributed by atoms with Crippen molar-refractivity contribution in [2.45, 2.75) is 215 Å². The Kier molecular flexibility index (Phi) is 27.4. The Hall–Kier alpha value is -5.07. The second kappa shape index (κ2) is 32.1. The molecule has 1 aliphatic heterocycles. The molecule has 0 unspecified atom stereocenters. The first kappa shape index (κ1) is 74.4. The highest BCUT2D eigenvalue weighted by atomic mass is 32.2. The number of carbonyl (C=O) groups is 6. The molecule has 3 N–H and O–H groups in total. The van der Waals surface area contributed by atoms with Crippen molar-refractivity contribution in [1.82, 2.24) is 14.7 Å². The first-order chi connectivity index (χ1) is 40.2. The largest absolute Gasteiger partial charge is 0.507 e. The number of amides is 3. The van der Waals surface area contributed by atoms with E-state index < -0.39 is 0 Å². The number of ether oxygens (including phenoxy) is 3. The summed E-state index contributed by atoms with van der Waals surface area (Å²) in [7, 11) is 0. The molecule has 0 bridgehead atoms. The summed E-state index contributed by atoms with van der Waals surface area (Å²) in [6.07, 6.45) is 2.41. The van der Waals surface area contributed by atoms with Crippen LogP contribution in [0.4, 0.5) is 0 Å². The van der Waals surface area contributed by atoms with Gasteiger partial charge < -0.3 is 44.2 Å². The Morgan fingerprint density at radius 2 is 0.540 bits per heavy atom. The molecule has 15 nitrogen and oxygen atoms in total. The minimum Gasteiger partial charge on any atom is -0.507 e. The molecule has 4 rings (SSSR count). The maximum Gasteiger partial charge on any atom is 0.306 e. The van der Waals surface area contributed by atoms with E-state index in [1.54, 1.807) is 0 Å². The third-order valence-electron chi connectivity index (χ3n) is 15.1. The van der Waals surface area contributed by atoms with Gasteiger partial charge in [0.05, 0.1) is 20.0 Å². The fraction of sp³-hybridized carbons (Fsp3) is 0.652. The lowest BCUT2D eigenvalue weighted by molar-refractivity contribution is -0.158. The second-order valence-electron chi connectivity index (χ2n) is 29.1. The van der Waals surface area contributed by atoms with Gasteiger partial charge in [-0.2, -0.15) is 35.3 Å². The number of aryl methyl sites for hydroxylation is 3. The number of phenolic OH excluding ortho intramolecular Hbond substituents is 3. The van der Waals surface area contributed by atoms with Crippen molar-refractivity contribution in [3.63, 3.8) is 0 Å². The summed E-state index contributed by atoms with van der Waals surface area (Å²) in [6.45, 7) is 37.6. The molecule has 3 aromatic rings. The van der Waals surface area contributed by atoms with Crippen LogP contribution >= 0.6 is 35.3 Å². The zero-order chi connectivity index (χ0) is 65.5. The van der Waals surface area contributed by atoms with Crippen molar-refractivity contribution >= 4 is 70.9 Å². The minimum absolute atomic E-state index is 0.0272. The van der Waals surface area contributed by atoms with E-state index in [0.717, 1.165) is 50.1 Å².